The number of nitriles is 1. The van der Waals surface area contributed by atoms with Crippen LogP contribution in [0.15, 0.2) is 0 Å². The zero-order valence-electron chi connectivity index (χ0n) is 9.64. The minimum atomic E-state index is 0.423. The highest BCUT2D eigenvalue weighted by atomic mass is 32.1. The van der Waals surface area contributed by atoms with Crippen LogP contribution in [0, 0.1) is 32.1 Å². The first-order valence-corrected chi connectivity index (χ1v) is 5.70. The van der Waals surface area contributed by atoms with E-state index in [9.17, 15) is 0 Å². The van der Waals surface area contributed by atoms with Crippen LogP contribution in [0.25, 0.3) is 0 Å². The number of nitrogens with zero attached hydrogens (tertiary/aromatic N) is 5. The normalized spacial score (nSPS) is 10.0. The second-order valence-corrected chi connectivity index (χ2v) is 4.27. The van der Waals surface area contributed by atoms with Crippen molar-refractivity contribution in [3.05, 3.63) is 22.6 Å². The van der Waals surface area contributed by atoms with E-state index in [1.807, 2.05) is 13.8 Å². The summed E-state index contributed by atoms with van der Waals surface area (Å²) in [6.07, 6.45) is 0. The Morgan fingerprint density at radius 3 is 2.59 bits per heavy atom. The molecule has 0 bridgehead atoms. The summed E-state index contributed by atoms with van der Waals surface area (Å²) in [7, 11) is 0. The molecule has 0 spiro atoms. The lowest BCUT2D eigenvalue weighted by Crippen LogP contribution is -2.03. The topological polar surface area (TPSA) is 87.4 Å². The summed E-state index contributed by atoms with van der Waals surface area (Å²) < 4.78 is 4.05. The van der Waals surface area contributed by atoms with Gasteiger partial charge in [0.05, 0.1) is 5.69 Å². The lowest BCUT2D eigenvalue weighted by molar-refractivity contribution is 0.959. The molecule has 1 N–H and O–H groups in total. The van der Waals surface area contributed by atoms with Crippen LogP contribution in [0.3, 0.4) is 0 Å². The number of anilines is 2. The van der Waals surface area contributed by atoms with Crippen LogP contribution in [-0.4, -0.2) is 19.6 Å². The van der Waals surface area contributed by atoms with Gasteiger partial charge in [-0.3, -0.25) is 0 Å². The van der Waals surface area contributed by atoms with Crippen molar-refractivity contribution in [1.82, 2.24) is 19.6 Å². The lowest BCUT2D eigenvalue weighted by Gasteiger charge is -2.06. The molecule has 17 heavy (non-hydrogen) atoms. The molecule has 2 rings (SSSR count). The van der Waals surface area contributed by atoms with Gasteiger partial charge in [-0.25, -0.2) is 4.98 Å². The summed E-state index contributed by atoms with van der Waals surface area (Å²) >= 11 is 1.22. The first kappa shape index (κ1) is 11.4. The first-order chi connectivity index (χ1) is 8.11. The second-order valence-electron chi connectivity index (χ2n) is 3.52. The van der Waals surface area contributed by atoms with Crippen molar-refractivity contribution in [2.45, 2.75) is 20.8 Å². The highest BCUT2D eigenvalue weighted by molar-refractivity contribution is 7.09. The number of hydrogen-bond acceptors (Lipinski definition) is 7. The molecule has 2 heterocycles. The van der Waals surface area contributed by atoms with E-state index in [4.69, 9.17) is 5.26 Å². The molecule has 0 fully saturated rings. The van der Waals surface area contributed by atoms with Crippen molar-refractivity contribution in [3.63, 3.8) is 0 Å². The van der Waals surface area contributed by atoms with Crippen LogP contribution in [0.2, 0.25) is 0 Å². The number of aryl methyl sites for hydroxylation is 2. The molecular weight excluding hydrogens is 236 g/mol. The van der Waals surface area contributed by atoms with Crippen molar-refractivity contribution in [2.24, 2.45) is 0 Å². The molecule has 0 saturated heterocycles. The van der Waals surface area contributed by atoms with Crippen molar-refractivity contribution < 1.29 is 0 Å². The Morgan fingerprint density at radius 1 is 1.24 bits per heavy atom. The molecule has 0 radical (unpaired) electrons. The van der Waals surface area contributed by atoms with Gasteiger partial charge in [0.2, 0.25) is 5.13 Å². The predicted molar refractivity (Wildman–Crippen MR) is 64.1 cm³/mol. The average Bonchev–Trinajstić information content (AvgIpc) is 2.70. The van der Waals surface area contributed by atoms with E-state index in [0.717, 1.165) is 11.3 Å². The minimum absolute atomic E-state index is 0.423. The lowest BCUT2D eigenvalue weighted by atomic mass is 10.1. The summed E-state index contributed by atoms with van der Waals surface area (Å²) in [5, 5.41) is 20.6. The second kappa shape index (κ2) is 4.43. The minimum Gasteiger partial charge on any atom is -0.312 e. The quantitative estimate of drug-likeness (QED) is 0.870. The molecule has 86 valence electrons. The van der Waals surface area contributed by atoms with E-state index < -0.39 is 0 Å². The van der Waals surface area contributed by atoms with Crippen molar-refractivity contribution >= 4 is 22.5 Å². The van der Waals surface area contributed by atoms with Gasteiger partial charge in [0.1, 0.15) is 17.5 Å². The van der Waals surface area contributed by atoms with Crippen LogP contribution in [0.5, 0.6) is 0 Å². The van der Waals surface area contributed by atoms with E-state index in [1.54, 1.807) is 6.92 Å². The maximum absolute atomic E-state index is 9.12. The molecule has 0 saturated carbocycles. The molecule has 0 aliphatic rings. The Labute approximate surface area is 103 Å². The van der Waals surface area contributed by atoms with Crippen LogP contribution in [-0.2, 0) is 0 Å². The van der Waals surface area contributed by atoms with E-state index in [-0.39, 0.29) is 0 Å². The highest BCUT2D eigenvalue weighted by Crippen LogP contribution is 2.22. The van der Waals surface area contributed by atoms with Crippen LogP contribution in [0.1, 0.15) is 22.6 Å². The molecule has 0 aliphatic heterocycles. The standard InChI is InChI=1S/C10H10N6S/c1-5-6(2)14-15-9(8(5)4-11)13-10-12-7(3)16-17-10/h1-3H3,(H,12,13,15,16). The van der Waals surface area contributed by atoms with Crippen molar-refractivity contribution in [2.75, 3.05) is 5.32 Å². The Bertz CT molecular complexity index is 597. The van der Waals surface area contributed by atoms with E-state index >= 15 is 0 Å². The number of rotatable bonds is 2. The fourth-order valence-electron chi connectivity index (χ4n) is 1.28. The van der Waals surface area contributed by atoms with E-state index in [0.29, 0.717) is 22.3 Å². The summed E-state index contributed by atoms with van der Waals surface area (Å²) in [5.41, 5.74) is 2.07. The monoisotopic (exact) mass is 246 g/mol. The Balaban J connectivity index is 2.40. The third kappa shape index (κ3) is 2.21. The maximum Gasteiger partial charge on any atom is 0.208 e. The highest BCUT2D eigenvalue weighted by Gasteiger charge is 2.12. The fourth-order valence-corrected chi connectivity index (χ4v) is 1.86. The third-order valence-electron chi connectivity index (χ3n) is 2.32. The van der Waals surface area contributed by atoms with Gasteiger partial charge < -0.3 is 5.32 Å². The summed E-state index contributed by atoms with van der Waals surface area (Å²) in [6.45, 7) is 5.47. The van der Waals surface area contributed by atoms with Crippen LogP contribution >= 0.6 is 11.5 Å². The molecule has 0 amide bonds. The fraction of sp³-hybridized carbons (Fsp3) is 0.300. The van der Waals surface area contributed by atoms with Crippen LogP contribution in [0.4, 0.5) is 10.9 Å². The van der Waals surface area contributed by atoms with Gasteiger partial charge in [0.25, 0.3) is 0 Å². The molecule has 0 aromatic carbocycles. The molecule has 6 nitrogen and oxygen atoms in total. The molecule has 2 aromatic heterocycles. The Kier molecular flexibility index (Phi) is 2.97. The van der Waals surface area contributed by atoms with Gasteiger partial charge in [-0.15, -0.1) is 5.10 Å². The van der Waals surface area contributed by atoms with Gasteiger partial charge in [0, 0.05) is 11.5 Å². The summed E-state index contributed by atoms with van der Waals surface area (Å²) in [4.78, 5) is 4.15. The smallest absolute Gasteiger partial charge is 0.208 e. The maximum atomic E-state index is 9.12. The van der Waals surface area contributed by atoms with Gasteiger partial charge >= 0.3 is 0 Å². The predicted octanol–water partition coefficient (Wildman–Crippen LogP) is 1.87. The number of hydrogen-bond donors (Lipinski definition) is 1. The summed E-state index contributed by atoms with van der Waals surface area (Å²) in [6, 6.07) is 2.12. The molecule has 2 aromatic rings. The van der Waals surface area contributed by atoms with E-state index in [1.165, 1.54) is 11.5 Å². The Hall–Kier alpha value is -2.07. The zero-order chi connectivity index (χ0) is 12.4. The third-order valence-corrected chi connectivity index (χ3v) is 3.04. The van der Waals surface area contributed by atoms with Gasteiger partial charge in [-0.2, -0.15) is 14.7 Å². The largest absolute Gasteiger partial charge is 0.312 e. The van der Waals surface area contributed by atoms with Crippen molar-refractivity contribution in [1.29, 1.82) is 5.26 Å². The van der Waals surface area contributed by atoms with E-state index in [2.05, 4.69) is 30.9 Å². The first-order valence-electron chi connectivity index (χ1n) is 4.93. The molecule has 7 heteroatoms. The number of aromatic nitrogens is 4. The molecular formula is C10H10N6S. The van der Waals surface area contributed by atoms with Gasteiger partial charge in [-0.1, -0.05) is 0 Å². The molecule has 0 unspecified atom stereocenters. The molecule has 0 aliphatic carbocycles. The Morgan fingerprint density at radius 2 is 2.00 bits per heavy atom. The van der Waals surface area contributed by atoms with Gasteiger partial charge in [-0.05, 0) is 26.3 Å². The number of nitrogens with one attached hydrogen (secondary N) is 1. The summed E-state index contributed by atoms with van der Waals surface area (Å²) in [5.74, 6) is 1.11. The average molecular weight is 246 g/mol. The van der Waals surface area contributed by atoms with Crippen molar-refractivity contribution in [3.8, 4) is 6.07 Å². The van der Waals surface area contributed by atoms with Crippen LogP contribution < -0.4 is 5.32 Å². The molecule has 0 atom stereocenters. The SMILES string of the molecule is Cc1nsc(Nc2nnc(C)c(C)c2C#N)n1. The van der Waals surface area contributed by atoms with Gasteiger partial charge in [0.15, 0.2) is 5.82 Å². The zero-order valence-corrected chi connectivity index (χ0v) is 10.5.